The van der Waals surface area contributed by atoms with E-state index in [1.54, 1.807) is 11.3 Å². The summed E-state index contributed by atoms with van der Waals surface area (Å²) < 4.78 is 0. The number of nitrogens with zero attached hydrogens (tertiary/aromatic N) is 1. The molecular formula is C16H22N2S2. The second kappa shape index (κ2) is 8.45. The Morgan fingerprint density at radius 3 is 3.00 bits per heavy atom. The number of benzene rings is 1. The molecule has 4 heteroatoms. The SMILES string of the molecule is CCCc1nc(CSc2cccc(CNCC)c2)cs1. The predicted molar refractivity (Wildman–Crippen MR) is 89.5 cm³/mol. The van der Waals surface area contributed by atoms with Crippen molar-refractivity contribution in [3.05, 3.63) is 45.9 Å². The van der Waals surface area contributed by atoms with E-state index in [1.807, 2.05) is 11.8 Å². The van der Waals surface area contributed by atoms with E-state index in [2.05, 4.69) is 53.8 Å². The Morgan fingerprint density at radius 2 is 2.20 bits per heavy atom. The molecule has 2 rings (SSSR count). The molecule has 0 aliphatic heterocycles. The van der Waals surface area contributed by atoms with Crippen LogP contribution in [0.5, 0.6) is 0 Å². The third-order valence-electron chi connectivity index (χ3n) is 2.93. The second-order valence-electron chi connectivity index (χ2n) is 4.70. The fourth-order valence-electron chi connectivity index (χ4n) is 1.92. The van der Waals surface area contributed by atoms with Gasteiger partial charge in [0.1, 0.15) is 0 Å². The molecule has 2 aromatic rings. The number of aromatic nitrogens is 1. The highest BCUT2D eigenvalue weighted by Gasteiger charge is 2.03. The molecule has 1 aromatic carbocycles. The van der Waals surface area contributed by atoms with Crippen LogP contribution in [0.4, 0.5) is 0 Å². The fourth-order valence-corrected chi connectivity index (χ4v) is 3.79. The number of hydrogen-bond donors (Lipinski definition) is 1. The lowest BCUT2D eigenvalue weighted by Gasteiger charge is -2.05. The summed E-state index contributed by atoms with van der Waals surface area (Å²) in [5, 5.41) is 6.83. The minimum absolute atomic E-state index is 0.947. The van der Waals surface area contributed by atoms with Crippen molar-refractivity contribution in [2.45, 2.75) is 43.9 Å². The summed E-state index contributed by atoms with van der Waals surface area (Å²) in [5.74, 6) is 0.963. The van der Waals surface area contributed by atoms with E-state index in [4.69, 9.17) is 0 Å². The van der Waals surface area contributed by atoms with Crippen molar-refractivity contribution in [1.29, 1.82) is 0 Å². The lowest BCUT2D eigenvalue weighted by Crippen LogP contribution is -2.11. The van der Waals surface area contributed by atoms with Gasteiger partial charge in [-0.15, -0.1) is 23.1 Å². The summed E-state index contributed by atoms with van der Waals surface area (Å²) in [5.41, 5.74) is 2.56. The molecular weight excluding hydrogens is 284 g/mol. The van der Waals surface area contributed by atoms with Crippen molar-refractivity contribution < 1.29 is 0 Å². The van der Waals surface area contributed by atoms with Crippen molar-refractivity contribution in [2.75, 3.05) is 6.54 Å². The second-order valence-corrected chi connectivity index (χ2v) is 6.69. The molecule has 1 heterocycles. The van der Waals surface area contributed by atoms with Gasteiger partial charge in [-0.25, -0.2) is 4.98 Å². The Balaban J connectivity index is 1.89. The van der Waals surface area contributed by atoms with Gasteiger partial charge in [0.05, 0.1) is 10.7 Å². The van der Waals surface area contributed by atoms with Crippen LogP contribution in [0.1, 0.15) is 36.5 Å². The molecule has 1 aromatic heterocycles. The van der Waals surface area contributed by atoms with E-state index < -0.39 is 0 Å². The van der Waals surface area contributed by atoms with Gasteiger partial charge in [0, 0.05) is 22.6 Å². The Morgan fingerprint density at radius 1 is 1.30 bits per heavy atom. The van der Waals surface area contributed by atoms with Gasteiger partial charge >= 0.3 is 0 Å². The minimum atomic E-state index is 0.947. The number of aryl methyl sites for hydroxylation is 1. The van der Waals surface area contributed by atoms with Crippen LogP contribution in [0.2, 0.25) is 0 Å². The summed E-state index contributed by atoms with van der Waals surface area (Å²) in [6.07, 6.45) is 2.28. The quantitative estimate of drug-likeness (QED) is 0.727. The Bertz CT molecular complexity index is 523. The molecule has 0 radical (unpaired) electrons. The topological polar surface area (TPSA) is 24.9 Å². The van der Waals surface area contributed by atoms with Crippen LogP contribution in [-0.4, -0.2) is 11.5 Å². The molecule has 0 amide bonds. The van der Waals surface area contributed by atoms with Crippen molar-refractivity contribution >= 4 is 23.1 Å². The normalized spacial score (nSPS) is 10.9. The third kappa shape index (κ3) is 4.93. The maximum Gasteiger partial charge on any atom is 0.0928 e. The third-order valence-corrected chi connectivity index (χ3v) is 4.91. The summed E-state index contributed by atoms with van der Waals surface area (Å²) in [4.78, 5) is 6.00. The molecule has 2 nitrogen and oxygen atoms in total. The van der Waals surface area contributed by atoms with Gasteiger partial charge in [0.25, 0.3) is 0 Å². The molecule has 0 aliphatic carbocycles. The first-order valence-electron chi connectivity index (χ1n) is 7.17. The van der Waals surface area contributed by atoms with Crippen molar-refractivity contribution in [3.8, 4) is 0 Å². The number of thioether (sulfide) groups is 1. The molecule has 0 aliphatic rings. The van der Waals surface area contributed by atoms with Crippen LogP contribution in [0, 0.1) is 0 Å². The Hall–Kier alpha value is -0.840. The summed E-state index contributed by atoms with van der Waals surface area (Å²) in [6.45, 7) is 6.29. The molecule has 0 saturated heterocycles. The van der Waals surface area contributed by atoms with Crippen molar-refractivity contribution in [1.82, 2.24) is 10.3 Å². The van der Waals surface area contributed by atoms with Gasteiger partial charge in [-0.1, -0.05) is 26.0 Å². The van der Waals surface area contributed by atoms with Crippen LogP contribution in [-0.2, 0) is 18.7 Å². The molecule has 0 saturated carbocycles. The number of nitrogens with one attached hydrogen (secondary N) is 1. The first-order valence-corrected chi connectivity index (χ1v) is 9.04. The molecule has 0 bridgehead atoms. The fraction of sp³-hybridized carbons (Fsp3) is 0.438. The van der Waals surface area contributed by atoms with Gasteiger partial charge in [-0.2, -0.15) is 0 Å². The minimum Gasteiger partial charge on any atom is -0.313 e. The monoisotopic (exact) mass is 306 g/mol. The molecule has 1 N–H and O–H groups in total. The maximum atomic E-state index is 4.67. The Labute approximate surface area is 130 Å². The van der Waals surface area contributed by atoms with Gasteiger partial charge in [-0.05, 0) is 37.1 Å². The number of hydrogen-bond acceptors (Lipinski definition) is 4. The highest BCUT2D eigenvalue weighted by Crippen LogP contribution is 2.24. The molecule has 108 valence electrons. The van der Waals surface area contributed by atoms with E-state index in [1.165, 1.54) is 27.6 Å². The van der Waals surface area contributed by atoms with Crippen LogP contribution in [0.3, 0.4) is 0 Å². The van der Waals surface area contributed by atoms with Gasteiger partial charge in [-0.3, -0.25) is 0 Å². The van der Waals surface area contributed by atoms with Gasteiger partial charge in [0.15, 0.2) is 0 Å². The molecule has 0 unspecified atom stereocenters. The average Bonchev–Trinajstić information content (AvgIpc) is 2.92. The van der Waals surface area contributed by atoms with Crippen LogP contribution >= 0.6 is 23.1 Å². The standard InChI is InChI=1S/C16H22N2S2/c1-3-6-16-18-14(12-20-16)11-19-15-8-5-7-13(9-15)10-17-4-2/h5,7-9,12,17H,3-4,6,10-11H2,1-2H3. The van der Waals surface area contributed by atoms with Crippen LogP contribution < -0.4 is 5.32 Å². The van der Waals surface area contributed by atoms with Gasteiger partial charge < -0.3 is 5.32 Å². The first-order chi connectivity index (χ1) is 9.81. The van der Waals surface area contributed by atoms with Crippen molar-refractivity contribution in [3.63, 3.8) is 0 Å². The number of rotatable bonds is 8. The molecule has 20 heavy (non-hydrogen) atoms. The van der Waals surface area contributed by atoms with E-state index in [0.29, 0.717) is 0 Å². The zero-order chi connectivity index (χ0) is 14.2. The smallest absolute Gasteiger partial charge is 0.0928 e. The largest absolute Gasteiger partial charge is 0.313 e. The van der Waals surface area contributed by atoms with Gasteiger partial charge in [0.2, 0.25) is 0 Å². The highest BCUT2D eigenvalue weighted by molar-refractivity contribution is 7.98. The van der Waals surface area contributed by atoms with E-state index in [-0.39, 0.29) is 0 Å². The lowest BCUT2D eigenvalue weighted by molar-refractivity contribution is 0.725. The highest BCUT2D eigenvalue weighted by atomic mass is 32.2. The van der Waals surface area contributed by atoms with E-state index in [0.717, 1.165) is 25.3 Å². The maximum absolute atomic E-state index is 4.67. The summed E-state index contributed by atoms with van der Waals surface area (Å²) in [7, 11) is 0. The van der Waals surface area contributed by atoms with Crippen molar-refractivity contribution in [2.24, 2.45) is 0 Å². The summed E-state index contributed by atoms with van der Waals surface area (Å²) in [6, 6.07) is 8.76. The first kappa shape index (κ1) is 15.5. The molecule has 0 fully saturated rings. The lowest BCUT2D eigenvalue weighted by atomic mass is 10.2. The van der Waals surface area contributed by atoms with E-state index >= 15 is 0 Å². The molecule has 0 atom stereocenters. The molecule has 0 spiro atoms. The number of thiazole rings is 1. The zero-order valence-electron chi connectivity index (χ0n) is 12.2. The Kier molecular flexibility index (Phi) is 6.57. The van der Waals surface area contributed by atoms with Crippen LogP contribution in [0.15, 0.2) is 34.5 Å². The predicted octanol–water partition coefficient (Wildman–Crippen LogP) is 4.50. The zero-order valence-corrected chi connectivity index (χ0v) is 13.8. The summed E-state index contributed by atoms with van der Waals surface area (Å²) >= 11 is 3.66. The van der Waals surface area contributed by atoms with E-state index in [9.17, 15) is 0 Å². The van der Waals surface area contributed by atoms with Crippen LogP contribution in [0.25, 0.3) is 0 Å². The average molecular weight is 306 g/mol.